The van der Waals surface area contributed by atoms with Crippen LogP contribution >= 0.6 is 0 Å². The van der Waals surface area contributed by atoms with Crippen LogP contribution in [0, 0.1) is 6.92 Å². The lowest BCUT2D eigenvalue weighted by molar-refractivity contribution is 0.0691. The fourth-order valence-corrected chi connectivity index (χ4v) is 3.65. The molecule has 154 valence electrons. The van der Waals surface area contributed by atoms with E-state index in [-0.39, 0.29) is 22.8 Å². The zero-order valence-corrected chi connectivity index (χ0v) is 16.5. The number of aromatic carboxylic acids is 1. The summed E-state index contributed by atoms with van der Waals surface area (Å²) in [6.45, 7) is 1.66. The number of para-hydroxylation sites is 1. The Morgan fingerprint density at radius 1 is 1.10 bits per heavy atom. The highest BCUT2D eigenvalue weighted by Crippen LogP contribution is 2.31. The molecule has 2 N–H and O–H groups in total. The molecule has 9 heteroatoms. The van der Waals surface area contributed by atoms with Crippen LogP contribution in [0.25, 0.3) is 39.3 Å². The molecule has 9 nitrogen and oxygen atoms in total. The summed E-state index contributed by atoms with van der Waals surface area (Å²) in [5, 5.41) is 12.4. The molecule has 0 saturated heterocycles. The summed E-state index contributed by atoms with van der Waals surface area (Å²) in [7, 11) is 1.52. The molecule has 0 radical (unpaired) electrons. The van der Waals surface area contributed by atoms with Crippen molar-refractivity contribution in [1.82, 2.24) is 19.6 Å². The second kappa shape index (κ2) is 6.84. The van der Waals surface area contributed by atoms with Crippen molar-refractivity contribution in [2.24, 2.45) is 0 Å². The summed E-state index contributed by atoms with van der Waals surface area (Å²) in [4.78, 5) is 34.2. The van der Waals surface area contributed by atoms with Crippen LogP contribution in [0.4, 0.5) is 0 Å². The summed E-state index contributed by atoms with van der Waals surface area (Å²) < 4.78 is 12.2. The van der Waals surface area contributed by atoms with E-state index in [0.29, 0.717) is 33.7 Å². The van der Waals surface area contributed by atoms with E-state index in [1.54, 1.807) is 49.4 Å². The molecule has 0 atom stereocenters. The van der Waals surface area contributed by atoms with Crippen LogP contribution in [-0.4, -0.2) is 37.8 Å². The lowest BCUT2D eigenvalue weighted by Crippen LogP contribution is -2.19. The van der Waals surface area contributed by atoms with Crippen LogP contribution in [0.5, 0.6) is 5.75 Å². The Balaban J connectivity index is 1.82. The number of oxazole rings is 1. The summed E-state index contributed by atoms with van der Waals surface area (Å²) in [6.07, 6.45) is 0. The van der Waals surface area contributed by atoms with Gasteiger partial charge in [-0.15, -0.1) is 0 Å². The van der Waals surface area contributed by atoms with Crippen LogP contribution < -0.4 is 10.3 Å². The molecule has 5 aromatic rings. The number of H-pyrrole nitrogens is 1. The fraction of sp³-hybridized carbons (Fsp3) is 0.0909. The number of rotatable bonds is 4. The van der Waals surface area contributed by atoms with Gasteiger partial charge in [0.05, 0.1) is 18.4 Å². The first kappa shape index (κ1) is 18.6. The van der Waals surface area contributed by atoms with Crippen LogP contribution in [0.15, 0.2) is 57.7 Å². The van der Waals surface area contributed by atoms with Gasteiger partial charge >= 0.3 is 5.97 Å². The summed E-state index contributed by atoms with van der Waals surface area (Å²) >= 11 is 0. The Morgan fingerprint density at radius 3 is 2.58 bits per heavy atom. The molecule has 31 heavy (non-hydrogen) atoms. The van der Waals surface area contributed by atoms with E-state index >= 15 is 0 Å². The van der Waals surface area contributed by atoms with Gasteiger partial charge in [-0.1, -0.05) is 36.4 Å². The quantitative estimate of drug-likeness (QED) is 0.459. The number of hydrogen-bond donors (Lipinski definition) is 2. The molecule has 2 aromatic carbocycles. The summed E-state index contributed by atoms with van der Waals surface area (Å²) in [5.74, 6) is -0.607. The maximum atomic E-state index is 13.4. The van der Waals surface area contributed by atoms with Crippen LogP contribution in [-0.2, 0) is 0 Å². The van der Waals surface area contributed by atoms with E-state index < -0.39 is 11.5 Å². The third kappa shape index (κ3) is 2.78. The second-order valence-corrected chi connectivity index (χ2v) is 6.90. The molecular formula is C22H16N4O5. The molecule has 0 amide bonds. The predicted molar refractivity (Wildman–Crippen MR) is 113 cm³/mol. The van der Waals surface area contributed by atoms with E-state index in [1.165, 1.54) is 7.11 Å². The summed E-state index contributed by atoms with van der Waals surface area (Å²) in [5.41, 5.74) is 1.96. The average molecular weight is 416 g/mol. The zero-order chi connectivity index (χ0) is 21.7. The number of carbonyl (C=O) groups is 1. The van der Waals surface area contributed by atoms with Crippen molar-refractivity contribution < 1.29 is 19.1 Å². The number of nitrogens with zero attached hydrogens (tertiary/aromatic N) is 3. The molecule has 0 fully saturated rings. The number of aromatic amines is 1. The number of methoxy groups -OCH3 is 1. The van der Waals surface area contributed by atoms with Gasteiger partial charge in [0, 0.05) is 0 Å². The molecule has 0 bridgehead atoms. The minimum absolute atomic E-state index is 0.0802. The Bertz CT molecular complexity index is 1530. The Hall–Kier alpha value is -4.40. The van der Waals surface area contributed by atoms with E-state index in [2.05, 4.69) is 15.1 Å². The van der Waals surface area contributed by atoms with E-state index in [0.717, 1.165) is 4.52 Å². The van der Waals surface area contributed by atoms with Crippen molar-refractivity contribution in [3.05, 3.63) is 70.3 Å². The van der Waals surface area contributed by atoms with Crippen molar-refractivity contribution in [3.8, 4) is 28.3 Å². The monoisotopic (exact) mass is 416 g/mol. The third-order valence-corrected chi connectivity index (χ3v) is 5.05. The Kier molecular flexibility index (Phi) is 4.11. The number of ether oxygens (including phenoxy) is 1. The first-order chi connectivity index (χ1) is 15.0. The van der Waals surface area contributed by atoms with Crippen molar-refractivity contribution >= 4 is 22.7 Å². The van der Waals surface area contributed by atoms with Gasteiger partial charge in [-0.2, -0.15) is 4.52 Å². The molecule has 3 heterocycles. The standard InChI is InChI=1S/C22H16N4O5/c1-11-15(20-24-17-13(30-2)9-6-10-14(17)31-20)21(27)26-19(23-11)16(18(25-26)22(28)29)12-7-4-3-5-8-12/h3-10,25H,1-2H3,(H,28,29). The van der Waals surface area contributed by atoms with Gasteiger partial charge < -0.3 is 14.3 Å². The first-order valence-electron chi connectivity index (χ1n) is 9.37. The topological polar surface area (TPSA) is 123 Å². The van der Waals surface area contributed by atoms with Gasteiger partial charge in [-0.25, -0.2) is 14.8 Å². The van der Waals surface area contributed by atoms with Gasteiger partial charge in [0.25, 0.3) is 5.56 Å². The SMILES string of the molecule is COc1cccc2oc(-c3c(C)nc4c(-c5ccccc5)c(C(=O)O)[nH]n4c3=O)nc12. The lowest BCUT2D eigenvalue weighted by Gasteiger charge is -2.03. The molecule has 0 saturated carbocycles. The maximum Gasteiger partial charge on any atom is 0.354 e. The molecule has 3 aromatic heterocycles. The average Bonchev–Trinajstić information content (AvgIpc) is 3.36. The number of carboxylic acid groups (broad SMARTS) is 1. The van der Waals surface area contributed by atoms with E-state index in [4.69, 9.17) is 9.15 Å². The molecular weight excluding hydrogens is 400 g/mol. The molecule has 5 rings (SSSR count). The summed E-state index contributed by atoms with van der Waals surface area (Å²) in [6, 6.07) is 14.1. The van der Waals surface area contributed by atoms with Gasteiger partial charge in [-0.05, 0) is 24.6 Å². The normalized spacial score (nSPS) is 11.3. The molecule has 0 aliphatic carbocycles. The second-order valence-electron chi connectivity index (χ2n) is 6.90. The number of fused-ring (bicyclic) bond motifs is 2. The highest BCUT2D eigenvalue weighted by Gasteiger charge is 2.25. The lowest BCUT2D eigenvalue weighted by atomic mass is 10.1. The van der Waals surface area contributed by atoms with Crippen molar-refractivity contribution in [3.63, 3.8) is 0 Å². The third-order valence-electron chi connectivity index (χ3n) is 5.05. The van der Waals surface area contributed by atoms with Gasteiger partial charge in [0.1, 0.15) is 11.3 Å². The van der Waals surface area contributed by atoms with Gasteiger partial charge in [0.2, 0.25) is 5.89 Å². The number of aryl methyl sites for hydroxylation is 1. The van der Waals surface area contributed by atoms with Crippen molar-refractivity contribution in [1.29, 1.82) is 0 Å². The number of aromatic nitrogens is 4. The number of hydrogen-bond acceptors (Lipinski definition) is 6. The van der Waals surface area contributed by atoms with Gasteiger partial charge in [-0.3, -0.25) is 9.89 Å². The minimum atomic E-state index is -1.20. The predicted octanol–water partition coefficient (Wildman–Crippen LogP) is 3.51. The van der Waals surface area contributed by atoms with Crippen LogP contribution in [0.3, 0.4) is 0 Å². The molecule has 0 aliphatic rings. The first-order valence-corrected chi connectivity index (χ1v) is 9.37. The van der Waals surface area contributed by atoms with E-state index in [9.17, 15) is 14.7 Å². The largest absolute Gasteiger partial charge is 0.494 e. The number of carboxylic acids is 1. The Morgan fingerprint density at radius 2 is 1.87 bits per heavy atom. The Labute approximate surface area is 174 Å². The van der Waals surface area contributed by atoms with Crippen molar-refractivity contribution in [2.75, 3.05) is 7.11 Å². The van der Waals surface area contributed by atoms with Crippen LogP contribution in [0.2, 0.25) is 0 Å². The highest BCUT2D eigenvalue weighted by molar-refractivity contribution is 5.99. The van der Waals surface area contributed by atoms with E-state index in [1.807, 2.05) is 6.07 Å². The number of benzene rings is 2. The van der Waals surface area contributed by atoms with Crippen molar-refractivity contribution in [2.45, 2.75) is 6.92 Å². The molecule has 0 spiro atoms. The van der Waals surface area contributed by atoms with Gasteiger partial charge in [0.15, 0.2) is 22.4 Å². The van der Waals surface area contributed by atoms with Crippen LogP contribution in [0.1, 0.15) is 16.2 Å². The number of nitrogens with one attached hydrogen (secondary N) is 1. The smallest absolute Gasteiger partial charge is 0.354 e. The fourth-order valence-electron chi connectivity index (χ4n) is 3.65. The highest BCUT2D eigenvalue weighted by atomic mass is 16.5. The molecule has 0 unspecified atom stereocenters. The minimum Gasteiger partial charge on any atom is -0.494 e. The zero-order valence-electron chi connectivity index (χ0n) is 16.5. The molecule has 0 aliphatic heterocycles. The maximum absolute atomic E-state index is 13.4.